The highest BCUT2D eigenvalue weighted by Gasteiger charge is 2.04. The second kappa shape index (κ2) is 8.90. The zero-order chi connectivity index (χ0) is 13.2. The van der Waals surface area contributed by atoms with Crippen molar-refractivity contribution in [1.29, 1.82) is 0 Å². The summed E-state index contributed by atoms with van der Waals surface area (Å²) < 4.78 is 2.08. The predicted molar refractivity (Wildman–Crippen MR) is 76.5 cm³/mol. The summed E-state index contributed by atoms with van der Waals surface area (Å²) in [5, 5.41) is 8.21. The number of hydrogen-bond donors (Lipinski definition) is 0. The molecule has 0 N–H and O–H groups in total. The maximum atomic E-state index is 4.18. The van der Waals surface area contributed by atoms with Crippen LogP contribution in [0.5, 0.6) is 0 Å². The first-order valence-corrected chi connectivity index (χ1v) is 7.22. The van der Waals surface area contributed by atoms with Gasteiger partial charge in [-0.05, 0) is 44.9 Å². The number of aryl methyl sites for hydroxylation is 2. The molecule has 1 aromatic heterocycles. The van der Waals surface area contributed by atoms with Crippen LogP contribution in [0.15, 0.2) is 18.3 Å². The quantitative estimate of drug-likeness (QED) is 0.489. The molecule has 0 amide bonds. The second-order valence-corrected chi connectivity index (χ2v) is 5.30. The summed E-state index contributed by atoms with van der Waals surface area (Å²) in [7, 11) is 0. The second-order valence-electron chi connectivity index (χ2n) is 5.30. The van der Waals surface area contributed by atoms with Gasteiger partial charge in [-0.15, -0.1) is 5.10 Å². The molecular weight excluding hydrogens is 222 g/mol. The van der Waals surface area contributed by atoms with Crippen molar-refractivity contribution < 1.29 is 0 Å². The molecule has 0 saturated heterocycles. The first-order valence-electron chi connectivity index (χ1n) is 7.22. The van der Waals surface area contributed by atoms with Gasteiger partial charge in [0.2, 0.25) is 0 Å². The summed E-state index contributed by atoms with van der Waals surface area (Å²) in [5.41, 5.74) is 1.29. The van der Waals surface area contributed by atoms with Gasteiger partial charge in [0.1, 0.15) is 0 Å². The van der Waals surface area contributed by atoms with E-state index in [2.05, 4.69) is 47.9 Å². The standard InChI is InChI=1S/C15H27N3/c1-4-5-6-7-8-12-18-15(13-16-17-18)11-9-10-14(2)3/h4-5,13-14H,6-12H2,1-3H3/b5-4-. The Balaban J connectivity index is 2.26. The Labute approximate surface area is 111 Å². The van der Waals surface area contributed by atoms with E-state index in [9.17, 15) is 0 Å². The molecule has 0 atom stereocenters. The van der Waals surface area contributed by atoms with Gasteiger partial charge in [-0.1, -0.05) is 37.6 Å². The third-order valence-corrected chi connectivity index (χ3v) is 3.14. The van der Waals surface area contributed by atoms with Crippen LogP contribution >= 0.6 is 0 Å². The van der Waals surface area contributed by atoms with Crippen molar-refractivity contribution in [2.75, 3.05) is 0 Å². The summed E-state index contributed by atoms with van der Waals surface area (Å²) in [6.45, 7) is 7.63. The molecule has 1 aromatic rings. The Bertz CT molecular complexity index is 339. The Morgan fingerprint density at radius 3 is 2.83 bits per heavy atom. The first kappa shape index (κ1) is 14.9. The van der Waals surface area contributed by atoms with Crippen molar-refractivity contribution in [3.8, 4) is 0 Å². The molecule has 0 fully saturated rings. The van der Waals surface area contributed by atoms with E-state index in [0.717, 1.165) is 18.9 Å². The monoisotopic (exact) mass is 249 g/mol. The average molecular weight is 249 g/mol. The highest BCUT2D eigenvalue weighted by molar-refractivity contribution is 4.94. The normalized spacial score (nSPS) is 11.8. The van der Waals surface area contributed by atoms with E-state index in [-0.39, 0.29) is 0 Å². The SMILES string of the molecule is C/C=C\CCCCn1nncc1CCCC(C)C. The van der Waals surface area contributed by atoms with Gasteiger partial charge in [0, 0.05) is 6.54 Å². The fraction of sp³-hybridized carbons (Fsp3) is 0.733. The zero-order valence-corrected chi connectivity index (χ0v) is 12.1. The molecule has 0 unspecified atom stereocenters. The van der Waals surface area contributed by atoms with Gasteiger partial charge in [0.05, 0.1) is 11.9 Å². The lowest BCUT2D eigenvalue weighted by Crippen LogP contribution is -2.06. The lowest BCUT2D eigenvalue weighted by molar-refractivity contribution is 0.504. The Hall–Kier alpha value is -1.12. The molecule has 3 heteroatoms. The first-order chi connectivity index (χ1) is 8.74. The number of aromatic nitrogens is 3. The van der Waals surface area contributed by atoms with Gasteiger partial charge in [0.15, 0.2) is 0 Å². The van der Waals surface area contributed by atoms with Crippen LogP contribution in [-0.2, 0) is 13.0 Å². The summed E-state index contributed by atoms with van der Waals surface area (Å²) in [6.07, 6.45) is 13.5. The highest BCUT2D eigenvalue weighted by atomic mass is 15.4. The van der Waals surface area contributed by atoms with E-state index in [4.69, 9.17) is 0 Å². The van der Waals surface area contributed by atoms with E-state index in [0.29, 0.717) is 0 Å². The molecule has 0 bridgehead atoms. The molecule has 3 nitrogen and oxygen atoms in total. The number of rotatable bonds is 9. The van der Waals surface area contributed by atoms with Crippen molar-refractivity contribution in [2.45, 2.75) is 65.8 Å². The lowest BCUT2D eigenvalue weighted by Gasteiger charge is -2.07. The van der Waals surface area contributed by atoms with Gasteiger partial charge in [-0.2, -0.15) is 0 Å². The van der Waals surface area contributed by atoms with Crippen LogP contribution in [0.4, 0.5) is 0 Å². The van der Waals surface area contributed by atoms with Crippen molar-refractivity contribution >= 4 is 0 Å². The summed E-state index contributed by atoms with van der Waals surface area (Å²) in [4.78, 5) is 0. The third kappa shape index (κ3) is 5.99. The fourth-order valence-corrected chi connectivity index (χ4v) is 2.04. The number of allylic oxidation sites excluding steroid dienone is 2. The molecule has 0 aliphatic rings. The third-order valence-electron chi connectivity index (χ3n) is 3.14. The molecule has 18 heavy (non-hydrogen) atoms. The van der Waals surface area contributed by atoms with Crippen LogP contribution in [0.1, 0.15) is 58.6 Å². The molecule has 0 aliphatic carbocycles. The molecule has 1 rings (SSSR count). The van der Waals surface area contributed by atoms with Crippen LogP contribution in [0.3, 0.4) is 0 Å². The van der Waals surface area contributed by atoms with Crippen molar-refractivity contribution in [3.63, 3.8) is 0 Å². The minimum atomic E-state index is 0.787. The smallest absolute Gasteiger partial charge is 0.0725 e. The van der Waals surface area contributed by atoms with Gasteiger partial charge in [0.25, 0.3) is 0 Å². The van der Waals surface area contributed by atoms with Crippen molar-refractivity contribution in [1.82, 2.24) is 15.0 Å². The largest absolute Gasteiger partial charge is 0.249 e. The van der Waals surface area contributed by atoms with Crippen LogP contribution in [0, 0.1) is 5.92 Å². The maximum Gasteiger partial charge on any atom is 0.0725 e. The Morgan fingerprint density at radius 2 is 2.11 bits per heavy atom. The minimum Gasteiger partial charge on any atom is -0.249 e. The number of unbranched alkanes of at least 4 members (excludes halogenated alkanes) is 2. The summed E-state index contributed by atoms with van der Waals surface area (Å²) in [5.74, 6) is 0.787. The topological polar surface area (TPSA) is 30.7 Å². The van der Waals surface area contributed by atoms with Crippen LogP contribution in [0.2, 0.25) is 0 Å². The van der Waals surface area contributed by atoms with Gasteiger partial charge in [-0.3, -0.25) is 0 Å². The fourth-order valence-electron chi connectivity index (χ4n) is 2.04. The molecular formula is C15H27N3. The molecule has 0 saturated carbocycles. The molecule has 0 spiro atoms. The van der Waals surface area contributed by atoms with E-state index in [1.807, 2.05) is 6.20 Å². The van der Waals surface area contributed by atoms with E-state index >= 15 is 0 Å². The Kier molecular flexibility index (Phi) is 7.38. The molecule has 0 aliphatic heterocycles. The Morgan fingerprint density at radius 1 is 1.28 bits per heavy atom. The highest BCUT2D eigenvalue weighted by Crippen LogP contribution is 2.10. The number of nitrogens with zero attached hydrogens (tertiary/aromatic N) is 3. The zero-order valence-electron chi connectivity index (χ0n) is 12.1. The molecule has 0 aromatic carbocycles. The average Bonchev–Trinajstić information content (AvgIpc) is 2.76. The maximum absolute atomic E-state index is 4.18. The molecule has 0 radical (unpaired) electrons. The number of hydrogen-bond acceptors (Lipinski definition) is 2. The van der Waals surface area contributed by atoms with Crippen molar-refractivity contribution in [2.24, 2.45) is 5.92 Å². The van der Waals surface area contributed by atoms with Crippen LogP contribution in [0.25, 0.3) is 0 Å². The van der Waals surface area contributed by atoms with Crippen LogP contribution < -0.4 is 0 Å². The predicted octanol–water partition coefficient (Wildman–Crippen LogP) is 4.00. The van der Waals surface area contributed by atoms with Gasteiger partial charge < -0.3 is 0 Å². The lowest BCUT2D eigenvalue weighted by atomic mass is 10.1. The van der Waals surface area contributed by atoms with E-state index in [1.165, 1.54) is 37.8 Å². The minimum absolute atomic E-state index is 0.787. The molecule has 1 heterocycles. The summed E-state index contributed by atoms with van der Waals surface area (Å²) in [6, 6.07) is 0. The van der Waals surface area contributed by atoms with Crippen LogP contribution in [-0.4, -0.2) is 15.0 Å². The van der Waals surface area contributed by atoms with Crippen molar-refractivity contribution in [3.05, 3.63) is 24.0 Å². The van der Waals surface area contributed by atoms with E-state index in [1.54, 1.807) is 0 Å². The molecule has 102 valence electrons. The van der Waals surface area contributed by atoms with E-state index < -0.39 is 0 Å². The van der Waals surface area contributed by atoms with Gasteiger partial charge in [-0.25, -0.2) is 4.68 Å². The summed E-state index contributed by atoms with van der Waals surface area (Å²) >= 11 is 0. The van der Waals surface area contributed by atoms with Gasteiger partial charge >= 0.3 is 0 Å².